The third-order valence-electron chi connectivity index (χ3n) is 3.39. The molecule has 0 aromatic heterocycles. The van der Waals surface area contributed by atoms with Crippen LogP contribution in [0, 0.1) is 0 Å². The summed E-state index contributed by atoms with van der Waals surface area (Å²) >= 11 is 1.45. The normalized spacial score (nSPS) is 38.1. The molecule has 0 radical (unpaired) electrons. The van der Waals surface area contributed by atoms with Crippen LogP contribution in [0.4, 0.5) is 0 Å². The molecule has 18 heavy (non-hydrogen) atoms. The fraction of sp³-hybridized carbons (Fsp3) is 0.357. The second-order valence-electron chi connectivity index (χ2n) is 4.78. The first-order valence-corrected chi connectivity index (χ1v) is 6.79. The van der Waals surface area contributed by atoms with Crippen LogP contribution in [0.2, 0.25) is 0 Å². The molecule has 0 saturated carbocycles. The highest BCUT2D eigenvalue weighted by Crippen LogP contribution is 2.42. The molecule has 1 aromatic rings. The summed E-state index contributed by atoms with van der Waals surface area (Å²) in [5, 5.41) is 9.49. The number of Topliss-reactive ketones (excluding diaryl/α,β-unsaturated/α-hetero) is 1. The van der Waals surface area contributed by atoms with Gasteiger partial charge in [-0.2, -0.15) is 0 Å². The van der Waals surface area contributed by atoms with Gasteiger partial charge in [-0.15, -0.1) is 11.8 Å². The summed E-state index contributed by atoms with van der Waals surface area (Å²) in [5.74, 6) is -0.146. The maximum absolute atomic E-state index is 12.2. The SMILES string of the molecule is C[C@]12C=C[C@H](O1)[C@@H](O)C(=O)[C@H]2Sc1ccccc1. The zero-order valence-electron chi connectivity index (χ0n) is 9.95. The van der Waals surface area contributed by atoms with Crippen molar-refractivity contribution >= 4 is 17.5 Å². The second kappa shape index (κ2) is 4.23. The Kier molecular flexibility index (Phi) is 2.81. The van der Waals surface area contributed by atoms with Gasteiger partial charge < -0.3 is 9.84 Å². The van der Waals surface area contributed by atoms with E-state index in [1.54, 1.807) is 6.08 Å². The van der Waals surface area contributed by atoms with E-state index < -0.39 is 23.1 Å². The van der Waals surface area contributed by atoms with Gasteiger partial charge in [0.25, 0.3) is 0 Å². The second-order valence-corrected chi connectivity index (χ2v) is 5.96. The molecule has 0 unspecified atom stereocenters. The fourth-order valence-electron chi connectivity index (χ4n) is 2.39. The van der Waals surface area contributed by atoms with Crippen LogP contribution in [0.3, 0.4) is 0 Å². The number of hydrogen-bond acceptors (Lipinski definition) is 4. The Labute approximate surface area is 110 Å². The Morgan fingerprint density at radius 1 is 1.33 bits per heavy atom. The average molecular weight is 262 g/mol. The van der Waals surface area contributed by atoms with Gasteiger partial charge in [-0.05, 0) is 19.1 Å². The molecule has 2 bridgehead atoms. The molecule has 94 valence electrons. The molecular formula is C14H14O3S. The topological polar surface area (TPSA) is 46.5 Å². The first-order valence-electron chi connectivity index (χ1n) is 5.91. The number of ketones is 1. The van der Waals surface area contributed by atoms with Crippen molar-refractivity contribution in [3.63, 3.8) is 0 Å². The number of hydrogen-bond donors (Lipinski definition) is 1. The van der Waals surface area contributed by atoms with E-state index in [0.29, 0.717) is 0 Å². The first-order chi connectivity index (χ1) is 8.60. The first kappa shape index (κ1) is 12.0. The van der Waals surface area contributed by atoms with E-state index >= 15 is 0 Å². The molecule has 0 aliphatic carbocycles. The highest BCUT2D eigenvalue weighted by atomic mass is 32.2. The number of aliphatic hydroxyl groups is 1. The van der Waals surface area contributed by atoms with Crippen LogP contribution in [0.15, 0.2) is 47.4 Å². The Balaban J connectivity index is 1.90. The van der Waals surface area contributed by atoms with E-state index in [2.05, 4.69) is 0 Å². The quantitative estimate of drug-likeness (QED) is 0.826. The van der Waals surface area contributed by atoms with E-state index in [-0.39, 0.29) is 5.78 Å². The van der Waals surface area contributed by atoms with E-state index in [9.17, 15) is 9.90 Å². The molecule has 0 spiro atoms. The van der Waals surface area contributed by atoms with Crippen molar-refractivity contribution in [1.29, 1.82) is 0 Å². The molecular weight excluding hydrogens is 248 g/mol. The molecule has 3 nitrogen and oxygen atoms in total. The fourth-order valence-corrected chi connectivity index (χ4v) is 3.60. The van der Waals surface area contributed by atoms with Gasteiger partial charge in [-0.3, -0.25) is 4.79 Å². The summed E-state index contributed by atoms with van der Waals surface area (Å²) < 4.78 is 5.75. The molecule has 1 fully saturated rings. The molecule has 0 amide bonds. The molecule has 1 saturated heterocycles. The van der Waals surface area contributed by atoms with Gasteiger partial charge in [0.2, 0.25) is 0 Å². The van der Waals surface area contributed by atoms with Gasteiger partial charge in [0.15, 0.2) is 5.78 Å². The number of carbonyl (C=O) groups is 1. The Bertz CT molecular complexity index is 499. The lowest BCUT2D eigenvalue weighted by Crippen LogP contribution is -2.55. The van der Waals surface area contributed by atoms with Crippen molar-refractivity contribution in [2.75, 3.05) is 0 Å². The van der Waals surface area contributed by atoms with Crippen molar-refractivity contribution in [2.24, 2.45) is 0 Å². The van der Waals surface area contributed by atoms with Crippen molar-refractivity contribution in [3.05, 3.63) is 42.5 Å². The monoisotopic (exact) mass is 262 g/mol. The summed E-state index contributed by atoms with van der Waals surface area (Å²) in [6.45, 7) is 1.90. The summed E-state index contributed by atoms with van der Waals surface area (Å²) in [4.78, 5) is 13.2. The third-order valence-corrected chi connectivity index (χ3v) is 4.87. The molecule has 4 heteroatoms. The predicted molar refractivity (Wildman–Crippen MR) is 69.5 cm³/mol. The average Bonchev–Trinajstić information content (AvgIpc) is 2.75. The minimum absolute atomic E-state index is 0.146. The molecule has 3 rings (SSSR count). The van der Waals surface area contributed by atoms with Crippen LogP contribution in [0.25, 0.3) is 0 Å². The van der Waals surface area contributed by atoms with Crippen LogP contribution in [0.5, 0.6) is 0 Å². The van der Waals surface area contributed by atoms with Gasteiger partial charge in [0, 0.05) is 4.90 Å². The minimum atomic E-state index is -1.04. The maximum Gasteiger partial charge on any atom is 0.180 e. The third kappa shape index (κ3) is 1.81. The van der Waals surface area contributed by atoms with Crippen LogP contribution in [0.1, 0.15) is 6.92 Å². The number of rotatable bonds is 2. The molecule has 2 aliphatic rings. The lowest BCUT2D eigenvalue weighted by Gasteiger charge is -2.38. The van der Waals surface area contributed by atoms with Gasteiger partial charge >= 0.3 is 0 Å². The standard InChI is InChI=1S/C14H14O3S/c1-14-8-7-10(17-14)11(15)12(16)13(14)18-9-5-3-2-4-6-9/h2-8,10-11,13,15H,1H3/t10-,11+,13+,14+/m0/s1. The zero-order chi connectivity index (χ0) is 12.8. The van der Waals surface area contributed by atoms with Crippen LogP contribution in [-0.4, -0.2) is 33.9 Å². The smallest absolute Gasteiger partial charge is 0.180 e. The molecule has 2 aliphatic heterocycles. The minimum Gasteiger partial charge on any atom is -0.382 e. The number of thioether (sulfide) groups is 1. The van der Waals surface area contributed by atoms with Gasteiger partial charge in [-0.1, -0.05) is 30.4 Å². The Hall–Kier alpha value is -1.10. The highest BCUT2D eigenvalue weighted by Gasteiger charge is 2.52. The van der Waals surface area contributed by atoms with Gasteiger partial charge in [0.05, 0.1) is 0 Å². The zero-order valence-corrected chi connectivity index (χ0v) is 10.8. The summed E-state index contributed by atoms with van der Waals surface area (Å²) in [5.41, 5.74) is -0.610. The summed E-state index contributed by atoms with van der Waals surface area (Å²) in [6.07, 6.45) is 2.16. The van der Waals surface area contributed by atoms with E-state index in [1.165, 1.54) is 11.8 Å². The van der Waals surface area contributed by atoms with Crippen molar-refractivity contribution < 1.29 is 14.6 Å². The highest BCUT2D eigenvalue weighted by molar-refractivity contribution is 8.00. The Morgan fingerprint density at radius 2 is 2.06 bits per heavy atom. The van der Waals surface area contributed by atoms with Crippen molar-refractivity contribution in [3.8, 4) is 0 Å². The molecule has 1 aromatic carbocycles. The molecule has 1 N–H and O–H groups in total. The lowest BCUT2D eigenvalue weighted by molar-refractivity contribution is -0.153. The number of aliphatic hydroxyl groups excluding tert-OH is 1. The summed E-state index contributed by atoms with van der Waals surface area (Å²) in [7, 11) is 0. The van der Waals surface area contributed by atoms with E-state index in [4.69, 9.17) is 4.74 Å². The predicted octanol–water partition coefficient (Wildman–Crippen LogP) is 1.80. The van der Waals surface area contributed by atoms with Gasteiger partial charge in [0.1, 0.15) is 23.1 Å². The number of carbonyl (C=O) groups excluding carboxylic acids is 1. The lowest BCUT2D eigenvalue weighted by atomic mass is 9.95. The van der Waals surface area contributed by atoms with Crippen molar-refractivity contribution in [1.82, 2.24) is 0 Å². The van der Waals surface area contributed by atoms with Crippen molar-refractivity contribution in [2.45, 2.75) is 34.9 Å². The van der Waals surface area contributed by atoms with Crippen LogP contribution < -0.4 is 0 Å². The molecule has 2 heterocycles. The number of fused-ring (bicyclic) bond motifs is 2. The summed E-state index contributed by atoms with van der Waals surface area (Å²) in [6, 6.07) is 9.72. The number of ether oxygens (including phenoxy) is 1. The Morgan fingerprint density at radius 3 is 2.78 bits per heavy atom. The van der Waals surface area contributed by atoms with Gasteiger partial charge in [-0.25, -0.2) is 0 Å². The van der Waals surface area contributed by atoms with Crippen LogP contribution in [-0.2, 0) is 9.53 Å². The number of benzene rings is 1. The molecule has 4 atom stereocenters. The largest absolute Gasteiger partial charge is 0.382 e. The maximum atomic E-state index is 12.2. The van der Waals surface area contributed by atoms with E-state index in [1.807, 2.05) is 43.3 Å². The van der Waals surface area contributed by atoms with E-state index in [0.717, 1.165) is 4.90 Å². The van der Waals surface area contributed by atoms with Crippen LogP contribution >= 0.6 is 11.8 Å².